The lowest BCUT2D eigenvalue weighted by Crippen LogP contribution is -1.92. The highest BCUT2D eigenvalue weighted by atomic mass is 32.1. The van der Waals surface area contributed by atoms with Crippen LogP contribution in [0, 0.1) is 0 Å². The Bertz CT molecular complexity index is 6720. The Morgan fingerprint density at radius 2 is 0.526 bits per heavy atom. The fourth-order valence-corrected chi connectivity index (χ4v) is 17.2. The number of benzene rings is 18. The standard InChI is InChI=1S/C48H28OS.C46H28O/c1-2-13-30-28-31(25-24-29(30)12-1)44-33-15-3-5-17-35(33)45(36-18-6-4-16-34(36)44)41-27-26-37(47-46(41)40-19-7-9-22-42(40)49-47)39-21-11-20-38-32-14-8-10-23-43(32)50-48(38)39;1-3-13-31-27-33(23-21-29(31)11-1)35-25-26-41(45-40-19-9-10-20-42(40)47-46(35)45)44-38-17-7-5-15-36(38)43(37-16-6-8-18-39(37)44)34-24-22-30-12-2-4-14-32(30)28-34/h1-28H;1-28H. The van der Waals surface area contributed by atoms with Gasteiger partial charge >= 0.3 is 0 Å². The third-order valence-electron chi connectivity index (χ3n) is 20.3. The van der Waals surface area contributed by atoms with E-state index in [9.17, 15) is 0 Å². The van der Waals surface area contributed by atoms with Crippen molar-refractivity contribution in [2.75, 3.05) is 0 Å². The van der Waals surface area contributed by atoms with Crippen molar-refractivity contribution in [3.05, 3.63) is 340 Å². The summed E-state index contributed by atoms with van der Waals surface area (Å²) in [5.74, 6) is 0. The van der Waals surface area contributed by atoms with E-state index in [4.69, 9.17) is 8.83 Å². The molecule has 0 N–H and O–H groups in total. The van der Waals surface area contributed by atoms with Crippen LogP contribution in [-0.4, -0.2) is 0 Å². The first-order chi connectivity index (χ1) is 48.1. The van der Waals surface area contributed by atoms with Crippen molar-refractivity contribution in [3.8, 4) is 66.8 Å². The Labute approximate surface area is 562 Å². The molecule has 0 atom stereocenters. The van der Waals surface area contributed by atoms with Crippen molar-refractivity contribution >= 4 is 151 Å². The van der Waals surface area contributed by atoms with E-state index in [0.29, 0.717) is 0 Å². The maximum atomic E-state index is 6.89. The van der Waals surface area contributed by atoms with Crippen LogP contribution in [0.3, 0.4) is 0 Å². The van der Waals surface area contributed by atoms with Crippen LogP contribution in [0.15, 0.2) is 349 Å². The molecule has 0 radical (unpaired) electrons. The van der Waals surface area contributed by atoms with E-state index in [2.05, 4.69) is 340 Å². The van der Waals surface area contributed by atoms with Crippen molar-refractivity contribution in [2.24, 2.45) is 0 Å². The molecule has 21 rings (SSSR count). The monoisotopic (exact) mass is 1250 g/mol. The molecule has 0 unspecified atom stereocenters. The molecule has 3 heterocycles. The maximum Gasteiger partial charge on any atom is 0.143 e. The van der Waals surface area contributed by atoms with E-state index in [0.717, 1.165) is 60.6 Å². The molecule has 21 aromatic rings. The summed E-state index contributed by atoms with van der Waals surface area (Å²) in [6.45, 7) is 0. The van der Waals surface area contributed by atoms with Crippen molar-refractivity contribution in [1.82, 2.24) is 0 Å². The first-order valence-electron chi connectivity index (χ1n) is 33.3. The molecule has 0 amide bonds. The van der Waals surface area contributed by atoms with Gasteiger partial charge in [0.1, 0.15) is 22.3 Å². The Morgan fingerprint density at radius 3 is 0.990 bits per heavy atom. The quantitative estimate of drug-likeness (QED) is 0.155. The second-order valence-corrected chi connectivity index (χ2v) is 26.6. The molecule has 0 aliphatic heterocycles. The molecule has 0 bridgehead atoms. The van der Waals surface area contributed by atoms with Gasteiger partial charge in [0.05, 0.1) is 0 Å². The smallest absolute Gasteiger partial charge is 0.143 e. The zero-order valence-electron chi connectivity index (χ0n) is 52.6. The molecule has 450 valence electrons. The second-order valence-electron chi connectivity index (χ2n) is 25.6. The second kappa shape index (κ2) is 22.1. The minimum Gasteiger partial charge on any atom is -0.455 e. The lowest BCUT2D eigenvalue weighted by molar-refractivity contribution is 0.669. The number of rotatable bonds is 6. The van der Waals surface area contributed by atoms with Crippen LogP contribution in [0.5, 0.6) is 0 Å². The van der Waals surface area contributed by atoms with Gasteiger partial charge in [-0.05, 0) is 174 Å². The summed E-state index contributed by atoms with van der Waals surface area (Å²) in [5, 5.41) is 24.6. The molecule has 3 aromatic heterocycles. The summed E-state index contributed by atoms with van der Waals surface area (Å²) in [6.07, 6.45) is 0. The fourth-order valence-electron chi connectivity index (χ4n) is 16.0. The third kappa shape index (κ3) is 8.72. The normalized spacial score (nSPS) is 11.9. The number of fused-ring (bicyclic) bond motifs is 16. The summed E-state index contributed by atoms with van der Waals surface area (Å²) < 4.78 is 16.2. The van der Waals surface area contributed by atoms with Gasteiger partial charge in [-0.3, -0.25) is 0 Å². The highest BCUT2D eigenvalue weighted by Gasteiger charge is 2.26. The van der Waals surface area contributed by atoms with Crippen molar-refractivity contribution < 1.29 is 8.83 Å². The first kappa shape index (κ1) is 55.1. The lowest BCUT2D eigenvalue weighted by Gasteiger charge is -2.19. The van der Waals surface area contributed by atoms with Crippen molar-refractivity contribution in [3.63, 3.8) is 0 Å². The summed E-state index contributed by atoms with van der Waals surface area (Å²) >= 11 is 1.86. The number of para-hydroxylation sites is 2. The largest absolute Gasteiger partial charge is 0.455 e. The van der Waals surface area contributed by atoms with Gasteiger partial charge in [-0.1, -0.05) is 291 Å². The van der Waals surface area contributed by atoms with Gasteiger partial charge in [-0.25, -0.2) is 0 Å². The summed E-state index contributed by atoms with van der Waals surface area (Å²) in [6, 6.07) is 123. The summed E-state index contributed by atoms with van der Waals surface area (Å²) in [7, 11) is 0. The molecule has 0 spiro atoms. The lowest BCUT2D eigenvalue weighted by atomic mass is 9.84. The minimum atomic E-state index is 0.901. The van der Waals surface area contributed by atoms with Crippen LogP contribution < -0.4 is 0 Å². The van der Waals surface area contributed by atoms with Crippen molar-refractivity contribution in [1.29, 1.82) is 0 Å². The molecule has 2 nitrogen and oxygen atoms in total. The molecular weight excluding hydrogens is 1190 g/mol. The highest BCUT2D eigenvalue weighted by molar-refractivity contribution is 7.26. The Hall–Kier alpha value is -12.4. The molecular formula is C94H56O2S. The molecule has 97 heavy (non-hydrogen) atoms. The van der Waals surface area contributed by atoms with E-state index in [1.807, 2.05) is 11.3 Å². The number of hydrogen-bond acceptors (Lipinski definition) is 3. The van der Waals surface area contributed by atoms with Crippen LogP contribution in [0.1, 0.15) is 0 Å². The number of furan rings is 2. The van der Waals surface area contributed by atoms with Crippen LogP contribution in [-0.2, 0) is 0 Å². The molecule has 0 aliphatic rings. The SMILES string of the molecule is c1ccc2cc(-c3c4ccccc4c(-c4ccc(-c5ccc6ccccc6c5)c5oc6ccccc6c45)c4ccccc34)ccc2c1.c1ccc2cc(-c3c4ccccc4c(-c4ccc(-c5cccc6c5sc5ccccc56)c5oc6ccccc6c45)c4ccccc34)ccc2c1. The van der Waals surface area contributed by atoms with Crippen LogP contribution in [0.25, 0.3) is 206 Å². The number of thiophene rings is 1. The van der Waals surface area contributed by atoms with E-state index in [1.165, 1.54) is 146 Å². The fraction of sp³-hybridized carbons (Fsp3) is 0. The van der Waals surface area contributed by atoms with Gasteiger partial charge in [0.25, 0.3) is 0 Å². The van der Waals surface area contributed by atoms with Crippen molar-refractivity contribution in [2.45, 2.75) is 0 Å². The van der Waals surface area contributed by atoms with E-state index in [1.54, 1.807) is 0 Å². The molecule has 18 aromatic carbocycles. The summed E-state index contributed by atoms with van der Waals surface area (Å²) in [5.41, 5.74) is 18.1. The van der Waals surface area contributed by atoms with Gasteiger partial charge in [-0.2, -0.15) is 0 Å². The molecule has 0 aliphatic carbocycles. The van der Waals surface area contributed by atoms with Crippen LogP contribution in [0.2, 0.25) is 0 Å². The molecule has 0 fully saturated rings. The highest BCUT2D eigenvalue weighted by Crippen LogP contribution is 2.53. The third-order valence-corrected chi connectivity index (χ3v) is 21.5. The topological polar surface area (TPSA) is 26.3 Å². The number of hydrogen-bond donors (Lipinski definition) is 0. The predicted octanol–water partition coefficient (Wildman–Crippen LogP) is 27.6. The minimum absolute atomic E-state index is 0.901. The zero-order valence-corrected chi connectivity index (χ0v) is 53.4. The molecule has 3 heteroatoms. The molecule has 0 saturated heterocycles. The average molecular weight is 1250 g/mol. The van der Waals surface area contributed by atoms with Gasteiger partial charge in [0, 0.05) is 58.4 Å². The zero-order chi connectivity index (χ0) is 63.7. The maximum absolute atomic E-state index is 6.89. The first-order valence-corrected chi connectivity index (χ1v) is 34.1. The van der Waals surface area contributed by atoms with E-state index in [-0.39, 0.29) is 0 Å². The molecule has 0 saturated carbocycles. The van der Waals surface area contributed by atoms with Gasteiger partial charge in [-0.15, -0.1) is 11.3 Å². The Balaban J connectivity index is 0.000000132. The van der Waals surface area contributed by atoms with E-state index >= 15 is 0 Å². The van der Waals surface area contributed by atoms with Crippen LogP contribution in [0.4, 0.5) is 0 Å². The summed E-state index contributed by atoms with van der Waals surface area (Å²) in [4.78, 5) is 0. The van der Waals surface area contributed by atoms with Crippen LogP contribution >= 0.6 is 11.3 Å². The average Bonchev–Trinajstić information content (AvgIpc) is 1.49. The van der Waals surface area contributed by atoms with Gasteiger partial charge < -0.3 is 8.83 Å². The van der Waals surface area contributed by atoms with Gasteiger partial charge in [0.2, 0.25) is 0 Å². The Kier molecular flexibility index (Phi) is 12.6. The van der Waals surface area contributed by atoms with Gasteiger partial charge in [0.15, 0.2) is 0 Å². The van der Waals surface area contributed by atoms with E-state index < -0.39 is 0 Å². The predicted molar refractivity (Wildman–Crippen MR) is 415 cm³/mol. The Morgan fingerprint density at radius 1 is 0.196 bits per heavy atom.